The lowest BCUT2D eigenvalue weighted by Crippen LogP contribution is -2.38. The van der Waals surface area contributed by atoms with Crippen LogP contribution in [0.5, 0.6) is 0 Å². The fourth-order valence-electron chi connectivity index (χ4n) is 2.39. The molecule has 1 amide bonds. The maximum Gasteiger partial charge on any atom is 0.412 e. The fraction of sp³-hybridized carbons (Fsp3) is 0.462. The molecule has 3 nitrogen and oxygen atoms in total. The van der Waals surface area contributed by atoms with Crippen molar-refractivity contribution in [3.05, 3.63) is 28.2 Å². The quantitative estimate of drug-likeness (QED) is 0.885. The van der Waals surface area contributed by atoms with E-state index in [0.717, 1.165) is 22.1 Å². The first kappa shape index (κ1) is 12.4. The molecule has 0 spiro atoms. The molecule has 1 aromatic rings. The summed E-state index contributed by atoms with van der Waals surface area (Å²) in [4.78, 5) is 11.6. The number of amides is 1. The van der Waals surface area contributed by atoms with Gasteiger partial charge >= 0.3 is 6.09 Å². The number of nitrogens with one attached hydrogen (secondary N) is 1. The molecule has 2 rings (SSSR count). The molecule has 4 heteroatoms. The molecule has 1 heterocycles. The lowest BCUT2D eigenvalue weighted by molar-refractivity contribution is 0.0103. The van der Waals surface area contributed by atoms with Crippen molar-refractivity contribution in [2.45, 2.75) is 32.8 Å². The van der Waals surface area contributed by atoms with Crippen LogP contribution in [-0.4, -0.2) is 6.09 Å². The number of rotatable bonds is 2. The van der Waals surface area contributed by atoms with Crippen LogP contribution < -0.4 is 5.32 Å². The highest BCUT2D eigenvalue weighted by Crippen LogP contribution is 2.41. The topological polar surface area (TPSA) is 38.3 Å². The predicted octanol–water partition coefficient (Wildman–Crippen LogP) is 4.27. The van der Waals surface area contributed by atoms with E-state index in [1.165, 1.54) is 0 Å². The molecule has 0 aromatic heterocycles. The molecule has 0 bridgehead atoms. The Kier molecular flexibility index (Phi) is 3.17. The van der Waals surface area contributed by atoms with E-state index < -0.39 is 5.60 Å². The smallest absolute Gasteiger partial charge is 0.412 e. The first-order chi connectivity index (χ1) is 7.90. The monoisotopic (exact) mass is 297 g/mol. The van der Waals surface area contributed by atoms with E-state index in [4.69, 9.17) is 4.74 Å². The van der Waals surface area contributed by atoms with Crippen molar-refractivity contribution >= 4 is 27.7 Å². The van der Waals surface area contributed by atoms with Crippen LogP contribution in [0.1, 0.15) is 32.8 Å². The van der Waals surface area contributed by atoms with E-state index in [0.29, 0.717) is 5.92 Å². The first-order valence-corrected chi connectivity index (χ1v) is 6.50. The molecule has 1 atom stereocenters. The standard InChI is InChI=1S/C13H16BrNO2/c1-8(2)7-13(3)10-6-9(14)4-5-11(10)15-12(16)17-13/h4-6,8H,7H2,1-3H3,(H,15,16). The zero-order valence-corrected chi connectivity index (χ0v) is 11.8. The number of hydrogen-bond acceptors (Lipinski definition) is 2. The number of cyclic esters (lactones) is 1. The number of hydrogen-bond donors (Lipinski definition) is 1. The van der Waals surface area contributed by atoms with Gasteiger partial charge in [0.05, 0.1) is 5.69 Å². The zero-order valence-electron chi connectivity index (χ0n) is 10.2. The van der Waals surface area contributed by atoms with Gasteiger partial charge in [-0.1, -0.05) is 29.8 Å². The number of benzene rings is 1. The Morgan fingerprint density at radius 1 is 1.47 bits per heavy atom. The van der Waals surface area contributed by atoms with Crippen LogP contribution in [0.15, 0.2) is 22.7 Å². The summed E-state index contributed by atoms with van der Waals surface area (Å²) in [5.74, 6) is 0.456. The molecule has 1 aliphatic rings. The van der Waals surface area contributed by atoms with Crippen LogP contribution in [-0.2, 0) is 10.3 Å². The Morgan fingerprint density at radius 3 is 2.82 bits per heavy atom. The summed E-state index contributed by atoms with van der Waals surface area (Å²) in [6, 6.07) is 5.83. The van der Waals surface area contributed by atoms with Crippen molar-refractivity contribution in [1.82, 2.24) is 0 Å². The van der Waals surface area contributed by atoms with Gasteiger partial charge in [-0.3, -0.25) is 5.32 Å². The van der Waals surface area contributed by atoms with E-state index in [1.54, 1.807) is 0 Å². The molecule has 0 saturated carbocycles. The molecule has 1 N–H and O–H groups in total. The van der Waals surface area contributed by atoms with Crippen LogP contribution in [0, 0.1) is 5.92 Å². The first-order valence-electron chi connectivity index (χ1n) is 5.71. The fourth-order valence-corrected chi connectivity index (χ4v) is 2.75. The molecule has 1 unspecified atom stereocenters. The maximum atomic E-state index is 11.6. The van der Waals surface area contributed by atoms with Crippen molar-refractivity contribution < 1.29 is 9.53 Å². The molecule has 0 saturated heterocycles. The molecule has 0 fully saturated rings. The summed E-state index contributed by atoms with van der Waals surface area (Å²) < 4.78 is 6.49. The number of anilines is 1. The van der Waals surface area contributed by atoms with Gasteiger partial charge in [-0.05, 0) is 37.5 Å². The van der Waals surface area contributed by atoms with Crippen molar-refractivity contribution in [1.29, 1.82) is 0 Å². The largest absolute Gasteiger partial charge is 0.438 e. The normalized spacial score (nSPS) is 23.0. The van der Waals surface area contributed by atoms with Gasteiger partial charge in [-0.15, -0.1) is 0 Å². The highest BCUT2D eigenvalue weighted by molar-refractivity contribution is 9.10. The Morgan fingerprint density at radius 2 is 2.18 bits per heavy atom. The summed E-state index contributed by atoms with van der Waals surface area (Å²) in [5, 5.41) is 2.73. The highest BCUT2D eigenvalue weighted by atomic mass is 79.9. The summed E-state index contributed by atoms with van der Waals surface area (Å²) in [6.07, 6.45) is 0.437. The second-order valence-corrected chi connectivity index (χ2v) is 5.95. The van der Waals surface area contributed by atoms with E-state index >= 15 is 0 Å². The van der Waals surface area contributed by atoms with Crippen molar-refractivity contribution in [3.8, 4) is 0 Å². The second kappa shape index (κ2) is 4.33. The average Bonchev–Trinajstić information content (AvgIpc) is 2.17. The molecule has 17 heavy (non-hydrogen) atoms. The summed E-state index contributed by atoms with van der Waals surface area (Å²) in [7, 11) is 0. The predicted molar refractivity (Wildman–Crippen MR) is 71.1 cm³/mol. The third-order valence-corrected chi connectivity index (χ3v) is 3.40. The summed E-state index contributed by atoms with van der Waals surface area (Å²) in [6.45, 7) is 6.22. The van der Waals surface area contributed by atoms with Gasteiger partial charge in [-0.2, -0.15) is 0 Å². The number of fused-ring (bicyclic) bond motifs is 1. The zero-order chi connectivity index (χ0) is 12.6. The number of carbonyl (C=O) groups excluding carboxylic acids is 1. The third-order valence-electron chi connectivity index (χ3n) is 2.90. The van der Waals surface area contributed by atoms with Crippen LogP contribution in [0.2, 0.25) is 0 Å². The molecule has 92 valence electrons. The van der Waals surface area contributed by atoms with Crippen LogP contribution in [0.3, 0.4) is 0 Å². The second-order valence-electron chi connectivity index (χ2n) is 5.03. The maximum absolute atomic E-state index is 11.6. The van der Waals surface area contributed by atoms with Gasteiger partial charge in [0.25, 0.3) is 0 Å². The van der Waals surface area contributed by atoms with Gasteiger partial charge in [-0.25, -0.2) is 4.79 Å². The van der Waals surface area contributed by atoms with Gasteiger partial charge in [0, 0.05) is 10.0 Å². The van der Waals surface area contributed by atoms with Gasteiger partial charge in [0.15, 0.2) is 0 Å². The number of halogens is 1. The average molecular weight is 298 g/mol. The number of ether oxygens (including phenoxy) is 1. The molecular weight excluding hydrogens is 282 g/mol. The lowest BCUT2D eigenvalue weighted by atomic mass is 9.85. The van der Waals surface area contributed by atoms with E-state index in [1.807, 2.05) is 25.1 Å². The Hall–Kier alpha value is -1.03. The van der Waals surface area contributed by atoms with Crippen molar-refractivity contribution in [3.63, 3.8) is 0 Å². The van der Waals surface area contributed by atoms with Gasteiger partial charge in [0.1, 0.15) is 5.60 Å². The molecular formula is C13H16BrNO2. The van der Waals surface area contributed by atoms with Crippen molar-refractivity contribution in [2.24, 2.45) is 5.92 Å². The SMILES string of the molecule is CC(C)CC1(C)OC(=O)Nc2ccc(Br)cc21. The minimum atomic E-state index is -0.546. The van der Waals surface area contributed by atoms with E-state index in [-0.39, 0.29) is 6.09 Å². The molecule has 1 aromatic carbocycles. The minimum absolute atomic E-state index is 0.372. The highest BCUT2D eigenvalue weighted by Gasteiger charge is 2.38. The van der Waals surface area contributed by atoms with Gasteiger partial charge in [0.2, 0.25) is 0 Å². The number of carbonyl (C=O) groups is 1. The molecule has 0 aliphatic carbocycles. The van der Waals surface area contributed by atoms with Crippen LogP contribution in [0.25, 0.3) is 0 Å². The van der Waals surface area contributed by atoms with Crippen molar-refractivity contribution in [2.75, 3.05) is 5.32 Å². The van der Waals surface area contributed by atoms with E-state index in [9.17, 15) is 4.79 Å². The third kappa shape index (κ3) is 2.46. The minimum Gasteiger partial charge on any atom is -0.438 e. The summed E-state index contributed by atoms with van der Waals surface area (Å²) >= 11 is 3.46. The molecule has 0 radical (unpaired) electrons. The van der Waals surface area contributed by atoms with E-state index in [2.05, 4.69) is 35.1 Å². The lowest BCUT2D eigenvalue weighted by Gasteiger charge is -2.37. The van der Waals surface area contributed by atoms with Crippen LogP contribution >= 0.6 is 15.9 Å². The van der Waals surface area contributed by atoms with Gasteiger partial charge < -0.3 is 4.74 Å². The van der Waals surface area contributed by atoms with Crippen LogP contribution in [0.4, 0.5) is 10.5 Å². The Labute approximate surface area is 110 Å². The molecule has 1 aliphatic heterocycles. The summed E-state index contributed by atoms with van der Waals surface area (Å²) in [5.41, 5.74) is 1.32. The Balaban J connectivity index is 2.48. The Bertz CT molecular complexity index is 459.